The van der Waals surface area contributed by atoms with Crippen LogP contribution in [0.25, 0.3) is 11.1 Å². The van der Waals surface area contributed by atoms with E-state index in [1.807, 2.05) is 109 Å². The Morgan fingerprint density at radius 3 is 1.64 bits per heavy atom. The van der Waals surface area contributed by atoms with E-state index in [9.17, 15) is 10.2 Å². The number of benzene rings is 5. The molecule has 8 rings (SSSR count). The molecule has 0 aromatic heterocycles. The molecule has 5 aromatic carbocycles. The molecule has 0 radical (unpaired) electrons. The summed E-state index contributed by atoms with van der Waals surface area (Å²) in [6.45, 7) is 2.20. The van der Waals surface area contributed by atoms with Crippen molar-refractivity contribution in [1.82, 2.24) is 0 Å². The topological polar surface area (TPSA) is 49.7 Å². The lowest BCUT2D eigenvalue weighted by Crippen LogP contribution is -2.39. The van der Waals surface area contributed by atoms with Gasteiger partial charge in [-0.1, -0.05) is 128 Å². The summed E-state index contributed by atoms with van der Waals surface area (Å²) in [7, 11) is 0. The molecule has 0 amide bonds. The highest BCUT2D eigenvalue weighted by molar-refractivity contribution is 5.82. The SMILES string of the molecule is CC12C=CC=CC1C(O)(c1ccc(Oc3ccc(C4(O)c5ccccc5-c5ccccc54)cc3)cc1)c1ccccc12. The van der Waals surface area contributed by atoms with Gasteiger partial charge in [-0.25, -0.2) is 0 Å². The van der Waals surface area contributed by atoms with Crippen LogP contribution >= 0.6 is 0 Å². The van der Waals surface area contributed by atoms with Crippen molar-refractivity contribution in [2.75, 3.05) is 0 Å². The lowest BCUT2D eigenvalue weighted by Gasteiger charge is -2.37. The van der Waals surface area contributed by atoms with Crippen molar-refractivity contribution in [3.05, 3.63) is 179 Å². The standard InChI is InChI=1S/C39H30O3/c1-37-25-9-8-16-36(37)39(41,35-15-7-6-14-34(35)37)27-19-23-29(24-20-27)42-28-21-17-26(18-22-28)38(40)32-12-4-2-10-30(32)31-11-3-5-13-33(31)38/h2-25,36,40-41H,1H3. The molecule has 3 heteroatoms. The van der Waals surface area contributed by atoms with Crippen molar-refractivity contribution < 1.29 is 14.9 Å². The minimum atomic E-state index is -1.22. The molecule has 0 spiro atoms. The minimum absolute atomic E-state index is 0.108. The predicted octanol–water partition coefficient (Wildman–Crippen LogP) is 7.99. The van der Waals surface area contributed by atoms with E-state index in [1.165, 1.54) is 0 Å². The van der Waals surface area contributed by atoms with Gasteiger partial charge in [0, 0.05) is 22.5 Å². The summed E-state index contributed by atoms with van der Waals surface area (Å²) in [6, 6.07) is 39.7. The average Bonchev–Trinajstić information content (AvgIpc) is 3.42. The van der Waals surface area contributed by atoms with Crippen molar-refractivity contribution in [2.24, 2.45) is 5.92 Å². The monoisotopic (exact) mass is 546 g/mol. The van der Waals surface area contributed by atoms with Gasteiger partial charge in [-0.2, -0.15) is 0 Å². The minimum Gasteiger partial charge on any atom is -0.457 e. The third-order valence-corrected chi connectivity index (χ3v) is 9.60. The molecule has 0 bridgehead atoms. The van der Waals surface area contributed by atoms with Crippen LogP contribution in [-0.2, 0) is 16.6 Å². The van der Waals surface area contributed by atoms with Crippen molar-refractivity contribution in [3.8, 4) is 22.6 Å². The fourth-order valence-corrected chi connectivity index (χ4v) is 7.55. The Balaban J connectivity index is 1.09. The van der Waals surface area contributed by atoms with Crippen LogP contribution in [0.2, 0.25) is 0 Å². The molecule has 3 atom stereocenters. The first-order valence-corrected chi connectivity index (χ1v) is 14.4. The maximum atomic E-state index is 12.3. The third kappa shape index (κ3) is 3.29. The molecule has 3 unspecified atom stereocenters. The van der Waals surface area contributed by atoms with Gasteiger partial charge in [0.05, 0.1) is 0 Å². The van der Waals surface area contributed by atoms with Crippen molar-refractivity contribution in [1.29, 1.82) is 0 Å². The number of aliphatic hydroxyl groups is 2. The zero-order valence-corrected chi connectivity index (χ0v) is 23.2. The van der Waals surface area contributed by atoms with E-state index in [4.69, 9.17) is 4.74 Å². The zero-order valence-electron chi connectivity index (χ0n) is 23.2. The fraction of sp³-hybridized carbons (Fsp3) is 0.128. The molecule has 0 heterocycles. The highest BCUT2D eigenvalue weighted by atomic mass is 16.5. The summed E-state index contributed by atoms with van der Waals surface area (Å²) in [4.78, 5) is 0. The molecule has 0 fully saturated rings. The average molecular weight is 547 g/mol. The molecule has 2 N–H and O–H groups in total. The van der Waals surface area contributed by atoms with E-state index in [0.717, 1.165) is 44.5 Å². The fourth-order valence-electron chi connectivity index (χ4n) is 7.55. The van der Waals surface area contributed by atoms with Crippen molar-refractivity contribution >= 4 is 0 Å². The molecule has 5 aromatic rings. The first kappa shape index (κ1) is 25.0. The molecule has 0 aliphatic heterocycles. The lowest BCUT2D eigenvalue weighted by atomic mass is 9.69. The Hall–Kier alpha value is -4.70. The Labute approximate surface area is 245 Å². The van der Waals surface area contributed by atoms with Gasteiger partial charge in [0.2, 0.25) is 0 Å². The smallest absolute Gasteiger partial charge is 0.141 e. The molecule has 42 heavy (non-hydrogen) atoms. The summed E-state index contributed by atoms with van der Waals surface area (Å²) in [6.07, 6.45) is 8.43. The second kappa shape index (κ2) is 8.90. The van der Waals surface area contributed by atoms with E-state index in [1.54, 1.807) is 0 Å². The summed E-state index contributed by atoms with van der Waals surface area (Å²) in [5, 5.41) is 24.4. The van der Waals surface area contributed by atoms with E-state index in [-0.39, 0.29) is 11.3 Å². The van der Waals surface area contributed by atoms with Crippen LogP contribution in [0, 0.1) is 5.92 Å². The van der Waals surface area contributed by atoms with Crippen molar-refractivity contribution in [2.45, 2.75) is 23.5 Å². The van der Waals surface area contributed by atoms with Crippen LogP contribution in [0.1, 0.15) is 40.3 Å². The lowest BCUT2D eigenvalue weighted by molar-refractivity contribution is 0.0324. The van der Waals surface area contributed by atoms with E-state index >= 15 is 0 Å². The highest BCUT2D eigenvalue weighted by Crippen LogP contribution is 2.58. The summed E-state index contributed by atoms with van der Waals surface area (Å²) >= 11 is 0. The van der Waals surface area contributed by atoms with E-state index in [2.05, 4.69) is 43.4 Å². The van der Waals surface area contributed by atoms with Crippen LogP contribution in [0.15, 0.2) is 146 Å². The molecule has 204 valence electrons. The number of hydrogen-bond donors (Lipinski definition) is 2. The quantitative estimate of drug-likeness (QED) is 0.240. The van der Waals surface area contributed by atoms with Crippen molar-refractivity contribution in [3.63, 3.8) is 0 Å². The van der Waals surface area contributed by atoms with Gasteiger partial charge in [-0.05, 0) is 57.6 Å². The van der Waals surface area contributed by atoms with Gasteiger partial charge in [-0.3, -0.25) is 0 Å². The number of ether oxygens (including phenoxy) is 1. The number of fused-ring (bicyclic) bond motifs is 6. The van der Waals surface area contributed by atoms with E-state index in [0.29, 0.717) is 11.5 Å². The second-order valence-electron chi connectivity index (χ2n) is 11.8. The van der Waals surface area contributed by atoms with Crippen LogP contribution in [0.5, 0.6) is 11.5 Å². The summed E-state index contributed by atoms with van der Waals surface area (Å²) in [5.41, 5.74) is 5.00. The van der Waals surface area contributed by atoms with Crippen LogP contribution in [0.4, 0.5) is 0 Å². The maximum Gasteiger partial charge on any atom is 0.141 e. The van der Waals surface area contributed by atoms with Crippen LogP contribution < -0.4 is 4.74 Å². The molecule has 3 nitrogen and oxygen atoms in total. The molecule has 3 aliphatic carbocycles. The van der Waals surface area contributed by atoms with Gasteiger partial charge in [0.15, 0.2) is 0 Å². The van der Waals surface area contributed by atoms with Gasteiger partial charge in [-0.15, -0.1) is 0 Å². The third-order valence-electron chi connectivity index (χ3n) is 9.60. The van der Waals surface area contributed by atoms with E-state index < -0.39 is 11.2 Å². The summed E-state index contributed by atoms with van der Waals surface area (Å²) < 4.78 is 6.23. The second-order valence-corrected chi connectivity index (χ2v) is 11.8. The molecular weight excluding hydrogens is 516 g/mol. The highest BCUT2D eigenvalue weighted by Gasteiger charge is 2.56. The molecule has 3 aliphatic rings. The van der Waals surface area contributed by atoms with Gasteiger partial charge in [0.25, 0.3) is 0 Å². The van der Waals surface area contributed by atoms with Gasteiger partial charge in [0.1, 0.15) is 22.7 Å². The Bertz CT molecular complexity index is 1850. The largest absolute Gasteiger partial charge is 0.457 e. The first-order valence-electron chi connectivity index (χ1n) is 14.4. The number of allylic oxidation sites excluding steroid dienone is 3. The number of rotatable bonds is 4. The predicted molar refractivity (Wildman–Crippen MR) is 165 cm³/mol. The van der Waals surface area contributed by atoms with Crippen LogP contribution in [-0.4, -0.2) is 10.2 Å². The Morgan fingerprint density at radius 1 is 0.548 bits per heavy atom. The van der Waals surface area contributed by atoms with Crippen LogP contribution in [0.3, 0.4) is 0 Å². The normalized spacial score (nSPS) is 24.0. The Morgan fingerprint density at radius 2 is 1.05 bits per heavy atom. The molecule has 0 saturated heterocycles. The molecular formula is C39H30O3. The molecule has 0 saturated carbocycles. The first-order chi connectivity index (χ1) is 20.4. The number of hydrogen-bond acceptors (Lipinski definition) is 3. The summed E-state index contributed by atoms with van der Waals surface area (Å²) in [5.74, 6) is 1.24. The van der Waals surface area contributed by atoms with Gasteiger partial charge >= 0.3 is 0 Å². The maximum absolute atomic E-state index is 12.3. The van der Waals surface area contributed by atoms with Gasteiger partial charge < -0.3 is 14.9 Å². The Kier molecular flexibility index (Phi) is 5.31. The zero-order chi connectivity index (χ0) is 28.5.